The third-order valence-electron chi connectivity index (χ3n) is 7.12. The average Bonchev–Trinajstić information content (AvgIpc) is 3.41. The first-order chi connectivity index (χ1) is 17.9. The summed E-state index contributed by atoms with van der Waals surface area (Å²) in [6.45, 7) is 0. The number of amides is 2. The molecule has 10 heteroatoms. The van der Waals surface area contributed by atoms with Crippen molar-refractivity contribution in [2.75, 3.05) is 12.0 Å². The zero-order valence-electron chi connectivity index (χ0n) is 20.1. The van der Waals surface area contributed by atoms with Crippen molar-refractivity contribution in [2.24, 2.45) is 0 Å². The van der Waals surface area contributed by atoms with Gasteiger partial charge in [0.1, 0.15) is 22.0 Å². The Balaban J connectivity index is 1.69. The highest BCUT2D eigenvalue weighted by Gasteiger charge is 2.44. The molecule has 1 saturated carbocycles. The van der Waals surface area contributed by atoms with Crippen molar-refractivity contribution >= 4 is 38.6 Å². The molecule has 0 atom stereocenters. The molecule has 0 spiro atoms. The number of aromatic nitrogens is 3. The number of carbonyl (C=O) groups excluding carboxylic acids is 2. The number of methoxy groups -OCH3 is 1. The molecule has 0 bridgehead atoms. The third kappa shape index (κ3) is 3.54. The lowest BCUT2D eigenvalue weighted by molar-refractivity contribution is 0.0922. The van der Waals surface area contributed by atoms with Crippen LogP contribution in [0.5, 0.6) is 5.75 Å². The number of carbonyl (C=O) groups is 2. The van der Waals surface area contributed by atoms with E-state index in [4.69, 9.17) is 4.74 Å². The van der Waals surface area contributed by atoms with E-state index in [0.29, 0.717) is 11.4 Å². The highest BCUT2D eigenvalue weighted by atomic mass is 32.2. The van der Waals surface area contributed by atoms with Crippen molar-refractivity contribution in [2.45, 2.75) is 47.9 Å². The van der Waals surface area contributed by atoms with E-state index < -0.39 is 21.7 Å². The molecule has 2 amide bonds. The van der Waals surface area contributed by atoms with Crippen molar-refractivity contribution in [1.82, 2.24) is 14.5 Å². The lowest BCUT2D eigenvalue weighted by Gasteiger charge is -2.28. The minimum Gasteiger partial charge on any atom is -0.497 e. The number of imide groups is 1. The summed E-state index contributed by atoms with van der Waals surface area (Å²) < 4.78 is 35.6. The fraction of sp³-hybridized carbons (Fsp3) is 0.259. The molecule has 0 saturated heterocycles. The Bertz CT molecular complexity index is 1640. The van der Waals surface area contributed by atoms with Crippen molar-refractivity contribution < 1.29 is 22.7 Å². The lowest BCUT2D eigenvalue weighted by atomic mass is 9.95. The molecule has 2 aliphatic rings. The van der Waals surface area contributed by atoms with Gasteiger partial charge in [-0.05, 0) is 43.2 Å². The van der Waals surface area contributed by atoms with Crippen LogP contribution in [0.25, 0.3) is 11.2 Å². The van der Waals surface area contributed by atoms with E-state index in [-0.39, 0.29) is 38.3 Å². The third-order valence-corrected chi connectivity index (χ3v) is 8.91. The van der Waals surface area contributed by atoms with E-state index in [0.717, 1.165) is 37.0 Å². The molecule has 37 heavy (non-hydrogen) atoms. The zero-order valence-corrected chi connectivity index (χ0v) is 20.9. The average molecular weight is 517 g/mol. The minimum atomic E-state index is -4.27. The van der Waals surface area contributed by atoms with Crippen LogP contribution in [0.2, 0.25) is 0 Å². The van der Waals surface area contributed by atoms with E-state index in [9.17, 15) is 18.0 Å². The fourth-order valence-electron chi connectivity index (χ4n) is 5.39. The van der Waals surface area contributed by atoms with E-state index in [1.807, 2.05) is 0 Å². The van der Waals surface area contributed by atoms with Crippen LogP contribution in [0.3, 0.4) is 0 Å². The molecule has 2 aromatic heterocycles. The predicted octanol–water partition coefficient (Wildman–Crippen LogP) is 4.58. The number of hydrogen-bond acceptors (Lipinski definition) is 7. The van der Waals surface area contributed by atoms with Crippen molar-refractivity contribution in [3.05, 3.63) is 72.1 Å². The Hall–Kier alpha value is -4.05. The van der Waals surface area contributed by atoms with Gasteiger partial charge >= 0.3 is 0 Å². The van der Waals surface area contributed by atoms with Crippen LogP contribution in [0.15, 0.2) is 70.7 Å². The van der Waals surface area contributed by atoms with Crippen molar-refractivity contribution in [3.8, 4) is 5.75 Å². The molecule has 1 aliphatic heterocycles. The van der Waals surface area contributed by atoms with Gasteiger partial charge in [0.2, 0.25) is 9.84 Å². The highest BCUT2D eigenvalue weighted by molar-refractivity contribution is 7.92. The van der Waals surface area contributed by atoms with Gasteiger partial charge in [-0.25, -0.2) is 23.3 Å². The number of rotatable bonds is 5. The maximum atomic E-state index is 14.3. The lowest BCUT2D eigenvalue weighted by Crippen LogP contribution is -2.33. The number of benzene rings is 2. The molecule has 1 fully saturated rings. The number of nitrogens with zero attached hydrogens (tertiary/aromatic N) is 4. The summed E-state index contributed by atoms with van der Waals surface area (Å²) in [5, 5.41) is 0. The van der Waals surface area contributed by atoms with Gasteiger partial charge in [0.15, 0.2) is 5.65 Å². The van der Waals surface area contributed by atoms with Gasteiger partial charge in [-0.1, -0.05) is 37.5 Å². The minimum absolute atomic E-state index is 0.00196. The largest absolute Gasteiger partial charge is 0.497 e. The van der Waals surface area contributed by atoms with E-state index >= 15 is 0 Å². The molecule has 9 nitrogen and oxygen atoms in total. The summed E-state index contributed by atoms with van der Waals surface area (Å²) in [5.41, 5.74) is 0.932. The molecular formula is C27H24N4O5S. The Kier molecular flexibility index (Phi) is 5.56. The standard InChI is InChI=1S/C27H24N4O5S/c1-36-18-10-7-11-19(16-18)37(34,35)23-22-24(29-15-14-28-22)30(17-8-3-2-4-9-17)25(23)31-26(32)20-12-5-6-13-21(20)27(31)33/h5-7,10-17H,2-4,8-9H2,1H3. The number of sulfone groups is 1. The van der Waals surface area contributed by atoms with Gasteiger partial charge in [0.25, 0.3) is 11.8 Å². The molecule has 0 N–H and O–H groups in total. The van der Waals surface area contributed by atoms with Crippen LogP contribution in [0, 0.1) is 0 Å². The molecule has 6 rings (SSSR count). The molecular weight excluding hydrogens is 492 g/mol. The van der Waals surface area contributed by atoms with E-state index in [1.54, 1.807) is 41.0 Å². The van der Waals surface area contributed by atoms with Gasteiger partial charge in [0.05, 0.1) is 23.1 Å². The van der Waals surface area contributed by atoms with Crippen LogP contribution in [0.4, 0.5) is 5.82 Å². The molecule has 0 unspecified atom stereocenters. The molecule has 3 heterocycles. The Morgan fingerprint density at radius 3 is 2.24 bits per heavy atom. The number of ether oxygens (including phenoxy) is 1. The van der Waals surface area contributed by atoms with Crippen LogP contribution >= 0.6 is 0 Å². The van der Waals surface area contributed by atoms with Gasteiger partial charge in [-0.15, -0.1) is 0 Å². The van der Waals surface area contributed by atoms with Crippen LogP contribution in [-0.2, 0) is 9.84 Å². The summed E-state index contributed by atoms with van der Waals surface area (Å²) in [6.07, 6.45) is 7.43. The molecule has 188 valence electrons. The topological polar surface area (TPSA) is 111 Å². The first-order valence-corrected chi connectivity index (χ1v) is 13.6. The zero-order chi connectivity index (χ0) is 25.7. The monoisotopic (exact) mass is 516 g/mol. The SMILES string of the molecule is COc1cccc(S(=O)(=O)c2c(N3C(=O)c4ccccc4C3=O)n(C3CCCCC3)c3nccnc23)c1. The first-order valence-electron chi connectivity index (χ1n) is 12.2. The summed E-state index contributed by atoms with van der Waals surface area (Å²) in [4.78, 5) is 37.0. The molecule has 0 radical (unpaired) electrons. The summed E-state index contributed by atoms with van der Waals surface area (Å²) >= 11 is 0. The fourth-order valence-corrected chi connectivity index (χ4v) is 6.99. The van der Waals surface area contributed by atoms with Gasteiger partial charge in [0, 0.05) is 18.4 Å². The predicted molar refractivity (Wildman–Crippen MR) is 136 cm³/mol. The summed E-state index contributed by atoms with van der Waals surface area (Å²) in [7, 11) is -2.81. The number of hydrogen-bond donors (Lipinski definition) is 0. The molecule has 4 aromatic rings. The second kappa shape index (κ2) is 8.81. The van der Waals surface area contributed by atoms with Crippen LogP contribution in [-0.4, -0.2) is 41.9 Å². The Morgan fingerprint density at radius 2 is 1.57 bits per heavy atom. The summed E-state index contributed by atoms with van der Waals surface area (Å²) in [5.74, 6) is -0.766. The Morgan fingerprint density at radius 1 is 0.892 bits per heavy atom. The first kappa shape index (κ1) is 23.4. The summed E-state index contributed by atoms with van der Waals surface area (Å²) in [6, 6.07) is 12.5. The van der Waals surface area contributed by atoms with Gasteiger partial charge in [-0.3, -0.25) is 9.59 Å². The van der Waals surface area contributed by atoms with E-state index in [2.05, 4.69) is 9.97 Å². The molecule has 1 aliphatic carbocycles. The van der Waals surface area contributed by atoms with Gasteiger partial charge in [-0.2, -0.15) is 0 Å². The maximum Gasteiger partial charge on any atom is 0.267 e. The quantitative estimate of drug-likeness (QED) is 0.357. The maximum absolute atomic E-state index is 14.3. The molecule has 2 aromatic carbocycles. The Labute approximate surface area is 213 Å². The van der Waals surface area contributed by atoms with E-state index in [1.165, 1.54) is 31.6 Å². The van der Waals surface area contributed by atoms with Crippen molar-refractivity contribution in [3.63, 3.8) is 0 Å². The normalized spacial score (nSPS) is 16.4. The number of anilines is 1. The smallest absolute Gasteiger partial charge is 0.267 e. The van der Waals surface area contributed by atoms with Gasteiger partial charge < -0.3 is 9.30 Å². The van der Waals surface area contributed by atoms with Crippen molar-refractivity contribution in [1.29, 1.82) is 0 Å². The number of fused-ring (bicyclic) bond motifs is 2. The second-order valence-electron chi connectivity index (χ2n) is 9.22. The van der Waals surface area contributed by atoms with Crippen LogP contribution < -0.4 is 9.64 Å². The second-order valence-corrected chi connectivity index (χ2v) is 11.1. The van der Waals surface area contributed by atoms with Crippen LogP contribution in [0.1, 0.15) is 58.9 Å². The highest BCUT2D eigenvalue weighted by Crippen LogP contribution is 2.45.